The van der Waals surface area contributed by atoms with Crippen molar-refractivity contribution in [3.8, 4) is 5.75 Å². The summed E-state index contributed by atoms with van der Waals surface area (Å²) in [6.45, 7) is 6.44. The third-order valence-corrected chi connectivity index (χ3v) is 6.63. The Balaban J connectivity index is 1.59. The van der Waals surface area contributed by atoms with Gasteiger partial charge < -0.3 is 9.47 Å². The number of aryl methyl sites for hydroxylation is 1. The molecule has 2 heterocycles. The number of methoxy groups -OCH3 is 2. The van der Waals surface area contributed by atoms with Crippen LogP contribution >= 0.6 is 0 Å². The van der Waals surface area contributed by atoms with Crippen LogP contribution in [-0.2, 0) is 16.0 Å². The van der Waals surface area contributed by atoms with Crippen LogP contribution in [0.25, 0.3) is 10.9 Å². The molecule has 6 nitrogen and oxygen atoms in total. The fourth-order valence-corrected chi connectivity index (χ4v) is 4.69. The Bertz CT molecular complexity index is 908. The normalized spacial score (nSPS) is 17.4. The Hall–Kier alpha value is -2.25. The first-order valence-corrected chi connectivity index (χ1v) is 12.2. The Labute approximate surface area is 197 Å². The molecule has 0 amide bonds. The van der Waals surface area contributed by atoms with E-state index < -0.39 is 0 Å². The molecule has 3 rings (SSSR count). The number of piperazine rings is 1. The smallest absolute Gasteiger partial charge is 0.324 e. The third-order valence-electron chi connectivity index (χ3n) is 6.63. The summed E-state index contributed by atoms with van der Waals surface area (Å²) < 4.78 is 25.0. The lowest BCUT2D eigenvalue weighted by Crippen LogP contribution is -2.57. The number of aromatic nitrogens is 1. The number of benzene rings is 1. The van der Waals surface area contributed by atoms with Gasteiger partial charge in [0.25, 0.3) is 0 Å². The fraction of sp³-hybridized carbons (Fsp3) is 0.615. The second-order valence-electron chi connectivity index (χ2n) is 8.86. The van der Waals surface area contributed by atoms with Gasteiger partial charge in [0.05, 0.1) is 25.9 Å². The molecule has 0 radical (unpaired) electrons. The molecule has 0 unspecified atom stereocenters. The maximum Gasteiger partial charge on any atom is 0.324 e. The molecule has 1 fully saturated rings. The predicted molar refractivity (Wildman–Crippen MR) is 129 cm³/mol. The highest BCUT2D eigenvalue weighted by molar-refractivity contribution is 5.83. The van der Waals surface area contributed by atoms with Crippen molar-refractivity contribution in [2.45, 2.75) is 57.9 Å². The molecule has 33 heavy (non-hydrogen) atoms. The van der Waals surface area contributed by atoms with E-state index in [-0.39, 0.29) is 17.8 Å². The van der Waals surface area contributed by atoms with E-state index in [9.17, 15) is 9.18 Å². The van der Waals surface area contributed by atoms with Gasteiger partial charge in [-0.05, 0) is 56.1 Å². The van der Waals surface area contributed by atoms with Gasteiger partial charge in [0.1, 0.15) is 17.6 Å². The van der Waals surface area contributed by atoms with Gasteiger partial charge in [-0.1, -0.05) is 32.6 Å². The average molecular weight is 460 g/mol. The number of unbranched alkanes of at least 4 members (excludes halogenated alkanes) is 4. The summed E-state index contributed by atoms with van der Waals surface area (Å²) in [5.41, 5.74) is 1.41. The van der Waals surface area contributed by atoms with Gasteiger partial charge in [0.2, 0.25) is 0 Å². The summed E-state index contributed by atoms with van der Waals surface area (Å²) in [6, 6.07) is 5.27. The highest BCUT2D eigenvalue weighted by Gasteiger charge is 2.32. The summed E-state index contributed by atoms with van der Waals surface area (Å²) in [6.07, 6.45) is 8.85. The number of ether oxygens (including phenoxy) is 2. The Kier molecular flexibility index (Phi) is 9.88. The molecule has 1 aliphatic rings. The highest BCUT2D eigenvalue weighted by Crippen LogP contribution is 2.26. The number of carbonyl (C=O) groups is 1. The van der Waals surface area contributed by atoms with E-state index in [4.69, 9.17) is 9.47 Å². The first kappa shape index (κ1) is 25.4. The molecule has 182 valence electrons. The first-order valence-electron chi connectivity index (χ1n) is 12.2. The van der Waals surface area contributed by atoms with Crippen LogP contribution in [0.1, 0.15) is 51.0 Å². The fourth-order valence-electron chi connectivity index (χ4n) is 4.69. The molecule has 1 aromatic heterocycles. The lowest BCUT2D eigenvalue weighted by molar-refractivity contribution is -0.149. The number of carbonyl (C=O) groups excluding carboxylic acids is 1. The first-order chi connectivity index (χ1) is 16.1. The van der Waals surface area contributed by atoms with Crippen molar-refractivity contribution in [3.63, 3.8) is 0 Å². The van der Waals surface area contributed by atoms with Crippen molar-refractivity contribution in [1.82, 2.24) is 14.8 Å². The van der Waals surface area contributed by atoms with Crippen molar-refractivity contribution in [2.24, 2.45) is 0 Å². The van der Waals surface area contributed by atoms with Crippen molar-refractivity contribution in [1.29, 1.82) is 0 Å². The summed E-state index contributed by atoms with van der Waals surface area (Å²) in [7, 11) is 3.06. The summed E-state index contributed by atoms with van der Waals surface area (Å²) in [5.74, 6) is 0.205. The standard InChI is InChI=1S/C26H38FN3O3/c1-4-5-6-7-8-13-29-15-16-30(25(19-29)26(31)33-3)14-9-10-21-22-17-20(32-2)11-12-24(22)28-18-23(21)27/h11-12,17-18,25H,4-10,13-16,19H2,1-3H3/t25-/m1/s1. The Morgan fingerprint density at radius 2 is 1.94 bits per heavy atom. The average Bonchev–Trinajstić information content (AvgIpc) is 2.84. The van der Waals surface area contributed by atoms with E-state index in [0.29, 0.717) is 24.3 Å². The third kappa shape index (κ3) is 6.87. The molecule has 0 spiro atoms. The van der Waals surface area contributed by atoms with Crippen LogP contribution in [0, 0.1) is 5.82 Å². The van der Waals surface area contributed by atoms with Crippen molar-refractivity contribution in [2.75, 3.05) is 46.9 Å². The van der Waals surface area contributed by atoms with Crippen LogP contribution in [0.15, 0.2) is 24.4 Å². The molecular formula is C26H38FN3O3. The maximum absolute atomic E-state index is 14.6. The zero-order valence-corrected chi connectivity index (χ0v) is 20.3. The molecule has 1 aromatic carbocycles. The SMILES string of the molecule is CCCCCCCN1CCN(CCCc2c(F)cnc3ccc(OC)cc23)[C@@H](C(=O)OC)C1. The number of hydrogen-bond acceptors (Lipinski definition) is 6. The van der Waals surface area contributed by atoms with Gasteiger partial charge in [-0.25, -0.2) is 4.39 Å². The minimum absolute atomic E-state index is 0.184. The van der Waals surface area contributed by atoms with Crippen LogP contribution in [0.3, 0.4) is 0 Å². The van der Waals surface area contributed by atoms with Gasteiger partial charge in [0, 0.05) is 25.0 Å². The lowest BCUT2D eigenvalue weighted by Gasteiger charge is -2.40. The second kappa shape index (κ2) is 12.8. The number of halogens is 1. The summed E-state index contributed by atoms with van der Waals surface area (Å²) in [5, 5.41) is 0.784. The number of nitrogens with zero attached hydrogens (tertiary/aromatic N) is 3. The largest absolute Gasteiger partial charge is 0.497 e. The predicted octanol–water partition coefficient (Wildman–Crippen LogP) is 4.44. The minimum atomic E-state index is -0.298. The molecular weight excluding hydrogens is 421 g/mol. The summed E-state index contributed by atoms with van der Waals surface area (Å²) >= 11 is 0. The van der Waals surface area contributed by atoms with Gasteiger partial charge in [-0.3, -0.25) is 19.6 Å². The summed E-state index contributed by atoms with van der Waals surface area (Å²) in [4.78, 5) is 21.3. The molecule has 1 atom stereocenters. The van der Waals surface area contributed by atoms with E-state index >= 15 is 0 Å². The monoisotopic (exact) mass is 459 g/mol. The number of pyridine rings is 1. The number of esters is 1. The molecule has 0 saturated carbocycles. The van der Waals surface area contributed by atoms with Crippen molar-refractivity contribution >= 4 is 16.9 Å². The van der Waals surface area contributed by atoms with Crippen LogP contribution in [0.4, 0.5) is 4.39 Å². The van der Waals surface area contributed by atoms with Crippen molar-refractivity contribution in [3.05, 3.63) is 35.8 Å². The zero-order chi connectivity index (χ0) is 23.6. The zero-order valence-electron chi connectivity index (χ0n) is 20.3. The Morgan fingerprint density at radius 3 is 2.70 bits per heavy atom. The van der Waals surface area contributed by atoms with E-state index in [2.05, 4.69) is 21.7 Å². The van der Waals surface area contributed by atoms with Gasteiger partial charge in [-0.15, -0.1) is 0 Å². The number of hydrogen-bond donors (Lipinski definition) is 0. The van der Waals surface area contributed by atoms with Crippen LogP contribution in [-0.4, -0.2) is 73.7 Å². The van der Waals surface area contributed by atoms with E-state index in [0.717, 1.165) is 43.5 Å². The lowest BCUT2D eigenvalue weighted by atomic mass is 10.0. The van der Waals surface area contributed by atoms with Crippen LogP contribution in [0.2, 0.25) is 0 Å². The highest BCUT2D eigenvalue weighted by atomic mass is 19.1. The van der Waals surface area contributed by atoms with Gasteiger partial charge in [-0.2, -0.15) is 0 Å². The minimum Gasteiger partial charge on any atom is -0.497 e. The molecule has 2 aromatic rings. The number of rotatable bonds is 12. The quantitative estimate of drug-likeness (QED) is 0.345. The second-order valence-corrected chi connectivity index (χ2v) is 8.86. The van der Waals surface area contributed by atoms with Crippen molar-refractivity contribution < 1.29 is 18.7 Å². The van der Waals surface area contributed by atoms with Crippen LogP contribution < -0.4 is 4.74 Å². The van der Waals surface area contributed by atoms with E-state index in [1.807, 2.05) is 18.2 Å². The molecule has 0 N–H and O–H groups in total. The van der Waals surface area contributed by atoms with Crippen LogP contribution in [0.5, 0.6) is 5.75 Å². The molecule has 1 saturated heterocycles. The molecule has 7 heteroatoms. The van der Waals surface area contributed by atoms with E-state index in [1.165, 1.54) is 45.4 Å². The molecule has 0 bridgehead atoms. The van der Waals surface area contributed by atoms with Gasteiger partial charge >= 0.3 is 5.97 Å². The topological polar surface area (TPSA) is 54.9 Å². The molecule has 0 aliphatic carbocycles. The number of fused-ring (bicyclic) bond motifs is 1. The molecule has 1 aliphatic heterocycles. The van der Waals surface area contributed by atoms with E-state index in [1.54, 1.807) is 7.11 Å². The maximum atomic E-state index is 14.6. The van der Waals surface area contributed by atoms with Gasteiger partial charge in [0.15, 0.2) is 0 Å². The Morgan fingerprint density at radius 1 is 1.12 bits per heavy atom.